The van der Waals surface area contributed by atoms with E-state index in [2.05, 4.69) is 0 Å². The maximum absolute atomic E-state index is 12.5. The highest BCUT2D eigenvalue weighted by atomic mass is 19.4. The van der Waals surface area contributed by atoms with Gasteiger partial charge in [-0.05, 0) is 23.3 Å². The summed E-state index contributed by atoms with van der Waals surface area (Å²) in [6, 6.07) is 2.58. The molecule has 0 aliphatic carbocycles. The molecule has 2 unspecified atom stereocenters. The molecule has 0 spiro atoms. The van der Waals surface area contributed by atoms with E-state index in [4.69, 9.17) is 10.5 Å². The van der Waals surface area contributed by atoms with Crippen molar-refractivity contribution in [3.05, 3.63) is 34.9 Å². The molecule has 2 atom stereocenters. The van der Waals surface area contributed by atoms with Gasteiger partial charge in [0, 0.05) is 0 Å². The fraction of sp³-hybridized carbons (Fsp3) is 0.455. The van der Waals surface area contributed by atoms with Crippen LogP contribution < -0.4 is 5.73 Å². The Morgan fingerprint density at radius 2 is 2.06 bits per heavy atom. The lowest BCUT2D eigenvalue weighted by molar-refractivity contribution is -0.137. The van der Waals surface area contributed by atoms with Crippen molar-refractivity contribution in [3.8, 4) is 0 Å². The Kier molecular flexibility index (Phi) is 3.11. The van der Waals surface area contributed by atoms with Crippen molar-refractivity contribution in [1.82, 2.24) is 0 Å². The van der Waals surface area contributed by atoms with E-state index < -0.39 is 23.9 Å². The molecular weight excluding hydrogens is 235 g/mol. The summed E-state index contributed by atoms with van der Waals surface area (Å²) in [5.74, 6) is 0. The van der Waals surface area contributed by atoms with E-state index in [-0.39, 0.29) is 13.2 Å². The van der Waals surface area contributed by atoms with Crippen LogP contribution in [0.5, 0.6) is 0 Å². The number of ether oxygens (including phenoxy) is 1. The summed E-state index contributed by atoms with van der Waals surface area (Å²) in [7, 11) is 0. The van der Waals surface area contributed by atoms with Crippen LogP contribution in [0.1, 0.15) is 22.7 Å². The van der Waals surface area contributed by atoms with Crippen molar-refractivity contribution >= 4 is 0 Å². The lowest BCUT2D eigenvalue weighted by Crippen LogP contribution is -2.28. The first kappa shape index (κ1) is 12.3. The van der Waals surface area contributed by atoms with Crippen molar-refractivity contribution in [3.63, 3.8) is 0 Å². The molecule has 1 aliphatic rings. The van der Waals surface area contributed by atoms with Crippen molar-refractivity contribution in [1.29, 1.82) is 0 Å². The fourth-order valence-electron chi connectivity index (χ4n) is 1.83. The first-order chi connectivity index (χ1) is 7.89. The molecule has 0 radical (unpaired) electrons. The molecule has 3 N–H and O–H groups in total. The van der Waals surface area contributed by atoms with E-state index >= 15 is 0 Å². The van der Waals surface area contributed by atoms with E-state index in [0.717, 1.165) is 12.1 Å². The molecule has 1 heterocycles. The smallest absolute Gasteiger partial charge is 0.389 e. The minimum Gasteiger partial charge on any atom is -0.389 e. The van der Waals surface area contributed by atoms with Crippen LogP contribution in [-0.2, 0) is 17.5 Å². The van der Waals surface area contributed by atoms with Gasteiger partial charge in [0.05, 0.1) is 30.9 Å². The molecular formula is C11H12F3NO2. The third kappa shape index (κ3) is 2.43. The van der Waals surface area contributed by atoms with Gasteiger partial charge in [0.15, 0.2) is 0 Å². The zero-order valence-corrected chi connectivity index (χ0v) is 8.87. The lowest BCUT2D eigenvalue weighted by Gasteiger charge is -2.17. The molecule has 0 bridgehead atoms. The van der Waals surface area contributed by atoms with Crippen LogP contribution in [0.2, 0.25) is 0 Å². The van der Waals surface area contributed by atoms with Crippen LogP contribution >= 0.6 is 0 Å². The van der Waals surface area contributed by atoms with Crippen molar-refractivity contribution in [2.75, 3.05) is 6.61 Å². The van der Waals surface area contributed by atoms with E-state index in [1.165, 1.54) is 6.07 Å². The van der Waals surface area contributed by atoms with Crippen LogP contribution in [0.4, 0.5) is 13.2 Å². The standard InChI is InChI=1S/C11H12F3NO2/c12-11(13,14)7-1-2-8-6(3-7)4-17-5-9(16)10(8)15/h1-3,9-10,16H,4-5,15H2. The number of hydrogen-bond acceptors (Lipinski definition) is 3. The van der Waals surface area contributed by atoms with Crippen LogP contribution in [0.25, 0.3) is 0 Å². The quantitative estimate of drug-likeness (QED) is 0.732. The molecule has 1 aromatic rings. The summed E-state index contributed by atoms with van der Waals surface area (Å²) >= 11 is 0. The van der Waals surface area contributed by atoms with Crippen LogP contribution in [0.15, 0.2) is 18.2 Å². The average Bonchev–Trinajstić information content (AvgIpc) is 2.38. The third-order valence-corrected chi connectivity index (χ3v) is 2.79. The summed E-state index contributed by atoms with van der Waals surface area (Å²) in [6.07, 6.45) is -5.28. The van der Waals surface area contributed by atoms with Gasteiger partial charge in [-0.25, -0.2) is 0 Å². The molecule has 0 saturated carbocycles. The van der Waals surface area contributed by atoms with Crippen molar-refractivity contribution in [2.24, 2.45) is 5.73 Å². The Bertz CT molecular complexity index is 420. The predicted octanol–water partition coefficient (Wildman–Crippen LogP) is 1.60. The Hall–Kier alpha value is -1.11. The normalized spacial score (nSPS) is 25.2. The maximum Gasteiger partial charge on any atom is 0.416 e. The van der Waals surface area contributed by atoms with Gasteiger partial charge in [0.25, 0.3) is 0 Å². The summed E-state index contributed by atoms with van der Waals surface area (Å²) in [5, 5.41) is 9.56. The monoisotopic (exact) mass is 247 g/mol. The van der Waals surface area contributed by atoms with Crippen molar-refractivity contribution in [2.45, 2.75) is 24.9 Å². The number of fused-ring (bicyclic) bond motifs is 1. The van der Waals surface area contributed by atoms with Gasteiger partial charge in [-0.15, -0.1) is 0 Å². The minimum atomic E-state index is -4.38. The van der Waals surface area contributed by atoms with E-state index in [9.17, 15) is 18.3 Å². The van der Waals surface area contributed by atoms with E-state index in [0.29, 0.717) is 11.1 Å². The first-order valence-electron chi connectivity index (χ1n) is 5.11. The topological polar surface area (TPSA) is 55.5 Å². The van der Waals surface area contributed by atoms with Gasteiger partial charge in [0.1, 0.15) is 0 Å². The highest BCUT2D eigenvalue weighted by Gasteiger charge is 2.32. The number of hydrogen-bond donors (Lipinski definition) is 2. The molecule has 6 heteroatoms. The van der Waals surface area contributed by atoms with Gasteiger partial charge < -0.3 is 15.6 Å². The maximum atomic E-state index is 12.5. The summed E-state index contributed by atoms with van der Waals surface area (Å²) in [6.45, 7) is 0.0568. The average molecular weight is 247 g/mol. The summed E-state index contributed by atoms with van der Waals surface area (Å²) in [5.41, 5.74) is 5.89. The summed E-state index contributed by atoms with van der Waals surface area (Å²) < 4.78 is 42.6. The van der Waals surface area contributed by atoms with Gasteiger partial charge in [-0.3, -0.25) is 0 Å². The molecule has 3 nitrogen and oxygen atoms in total. The SMILES string of the molecule is NC1c2ccc(C(F)(F)F)cc2COCC1O. The van der Waals surface area contributed by atoms with Gasteiger partial charge in [0.2, 0.25) is 0 Å². The highest BCUT2D eigenvalue weighted by Crippen LogP contribution is 2.33. The molecule has 0 aromatic heterocycles. The first-order valence-corrected chi connectivity index (χ1v) is 5.11. The summed E-state index contributed by atoms with van der Waals surface area (Å²) in [4.78, 5) is 0. The molecule has 17 heavy (non-hydrogen) atoms. The second-order valence-electron chi connectivity index (χ2n) is 4.02. The van der Waals surface area contributed by atoms with Gasteiger partial charge in [-0.2, -0.15) is 13.2 Å². The number of aliphatic hydroxyl groups is 1. The number of rotatable bonds is 0. The third-order valence-electron chi connectivity index (χ3n) is 2.79. The number of benzene rings is 1. The Labute approximate surface area is 96.0 Å². The molecule has 0 fully saturated rings. The van der Waals surface area contributed by atoms with Gasteiger partial charge in [-0.1, -0.05) is 6.07 Å². The van der Waals surface area contributed by atoms with E-state index in [1.54, 1.807) is 0 Å². The molecule has 1 aliphatic heterocycles. The zero-order valence-electron chi connectivity index (χ0n) is 8.87. The second-order valence-corrected chi connectivity index (χ2v) is 4.02. The molecule has 0 amide bonds. The largest absolute Gasteiger partial charge is 0.416 e. The Morgan fingerprint density at radius 1 is 1.35 bits per heavy atom. The van der Waals surface area contributed by atoms with Crippen molar-refractivity contribution < 1.29 is 23.0 Å². The van der Waals surface area contributed by atoms with Crippen LogP contribution in [-0.4, -0.2) is 17.8 Å². The van der Waals surface area contributed by atoms with E-state index in [1.807, 2.05) is 0 Å². The Morgan fingerprint density at radius 3 is 2.71 bits per heavy atom. The minimum absolute atomic E-state index is 0.0250. The molecule has 2 rings (SSSR count). The number of alkyl halides is 3. The number of halogens is 3. The molecule has 0 saturated heterocycles. The molecule has 94 valence electrons. The molecule has 1 aromatic carbocycles. The number of nitrogens with two attached hydrogens (primary N) is 1. The zero-order chi connectivity index (χ0) is 12.6. The van der Waals surface area contributed by atoms with Crippen LogP contribution in [0.3, 0.4) is 0 Å². The highest BCUT2D eigenvalue weighted by molar-refractivity contribution is 5.36. The number of aliphatic hydroxyl groups excluding tert-OH is 1. The fourth-order valence-corrected chi connectivity index (χ4v) is 1.83. The lowest BCUT2D eigenvalue weighted by atomic mass is 9.96. The second kappa shape index (κ2) is 4.29. The van der Waals surface area contributed by atoms with Crippen LogP contribution in [0, 0.1) is 0 Å². The predicted molar refractivity (Wildman–Crippen MR) is 54.0 cm³/mol. The van der Waals surface area contributed by atoms with Gasteiger partial charge >= 0.3 is 6.18 Å². The Balaban J connectivity index is 2.43.